The van der Waals surface area contributed by atoms with E-state index in [4.69, 9.17) is 0 Å². The molecule has 1 aliphatic rings. The zero-order chi connectivity index (χ0) is 21.7. The average molecular weight is 411 g/mol. The van der Waals surface area contributed by atoms with Gasteiger partial charge in [-0.2, -0.15) is 0 Å². The third kappa shape index (κ3) is 5.65. The molecule has 1 aromatic carbocycles. The molecule has 1 saturated carbocycles. The summed E-state index contributed by atoms with van der Waals surface area (Å²) in [6, 6.07) is 11.9. The van der Waals surface area contributed by atoms with Crippen molar-refractivity contribution >= 4 is 17.6 Å². The topological polar surface area (TPSA) is 57.6 Å². The molecule has 6 nitrogen and oxygen atoms in total. The highest BCUT2D eigenvalue weighted by Crippen LogP contribution is 2.29. The van der Waals surface area contributed by atoms with Crippen molar-refractivity contribution in [3.8, 4) is 0 Å². The summed E-state index contributed by atoms with van der Waals surface area (Å²) in [7, 11) is 1.99. The smallest absolute Gasteiger partial charge is 0.322 e. The van der Waals surface area contributed by atoms with Crippen LogP contribution in [0.25, 0.3) is 0 Å². The molecule has 2 aromatic rings. The van der Waals surface area contributed by atoms with E-state index in [2.05, 4.69) is 26.1 Å². The molecule has 1 aliphatic carbocycles. The summed E-state index contributed by atoms with van der Waals surface area (Å²) in [6.45, 7) is 7.41. The average Bonchev–Trinajstić information content (AvgIpc) is 3.47. The van der Waals surface area contributed by atoms with Crippen LogP contribution in [0.4, 0.5) is 10.5 Å². The van der Waals surface area contributed by atoms with Crippen molar-refractivity contribution in [1.82, 2.24) is 14.4 Å². The van der Waals surface area contributed by atoms with Crippen LogP contribution in [0, 0.1) is 5.92 Å². The maximum Gasteiger partial charge on any atom is 0.322 e. The Morgan fingerprint density at radius 1 is 1.17 bits per heavy atom. The minimum Gasteiger partial charge on any atom is -0.353 e. The summed E-state index contributed by atoms with van der Waals surface area (Å²) in [6.07, 6.45) is 4.91. The first-order valence-corrected chi connectivity index (χ1v) is 10.9. The second-order valence-electron chi connectivity index (χ2n) is 8.58. The summed E-state index contributed by atoms with van der Waals surface area (Å²) in [5.74, 6) is 0.283. The molecule has 0 spiro atoms. The van der Waals surface area contributed by atoms with Gasteiger partial charge in [0.25, 0.3) is 0 Å². The number of carbonyl (C=O) groups excluding carboxylic acids is 2. The van der Waals surface area contributed by atoms with Crippen molar-refractivity contribution in [2.75, 3.05) is 18.4 Å². The predicted molar refractivity (Wildman–Crippen MR) is 120 cm³/mol. The quantitative estimate of drug-likeness (QED) is 0.671. The van der Waals surface area contributed by atoms with E-state index in [-0.39, 0.29) is 30.4 Å². The van der Waals surface area contributed by atoms with Crippen molar-refractivity contribution in [3.63, 3.8) is 0 Å². The van der Waals surface area contributed by atoms with Gasteiger partial charge >= 0.3 is 6.03 Å². The third-order valence-corrected chi connectivity index (χ3v) is 5.53. The van der Waals surface area contributed by atoms with Gasteiger partial charge in [-0.05, 0) is 48.9 Å². The molecular weight excluding hydrogens is 376 g/mol. The fraction of sp³-hybridized carbons (Fsp3) is 0.500. The van der Waals surface area contributed by atoms with Crippen molar-refractivity contribution in [1.29, 1.82) is 0 Å². The van der Waals surface area contributed by atoms with Crippen LogP contribution >= 0.6 is 0 Å². The molecule has 0 saturated heterocycles. The van der Waals surface area contributed by atoms with E-state index >= 15 is 0 Å². The molecule has 6 heteroatoms. The SMILES string of the molecule is CCc1ccccc1NC(=O)N(CC(=O)N(Cc1cccn1C)C1CC1)CC(C)C. The van der Waals surface area contributed by atoms with Gasteiger partial charge in [0.2, 0.25) is 5.91 Å². The number of anilines is 1. The van der Waals surface area contributed by atoms with Crippen LogP contribution in [0.3, 0.4) is 0 Å². The lowest BCUT2D eigenvalue weighted by atomic mass is 10.1. The van der Waals surface area contributed by atoms with Crippen LogP contribution < -0.4 is 5.32 Å². The van der Waals surface area contributed by atoms with Gasteiger partial charge in [-0.25, -0.2) is 4.79 Å². The number of nitrogens with zero attached hydrogens (tertiary/aromatic N) is 3. The minimum atomic E-state index is -0.215. The van der Waals surface area contributed by atoms with Crippen LogP contribution in [0.15, 0.2) is 42.6 Å². The lowest BCUT2D eigenvalue weighted by Gasteiger charge is -2.29. The van der Waals surface area contributed by atoms with E-state index < -0.39 is 0 Å². The van der Waals surface area contributed by atoms with Gasteiger partial charge in [-0.1, -0.05) is 39.0 Å². The number of aromatic nitrogens is 1. The highest BCUT2D eigenvalue weighted by molar-refractivity contribution is 5.93. The number of urea groups is 1. The van der Waals surface area contributed by atoms with Crippen molar-refractivity contribution in [2.24, 2.45) is 13.0 Å². The lowest BCUT2D eigenvalue weighted by Crippen LogP contribution is -2.46. The normalized spacial score (nSPS) is 13.4. The molecule has 1 N–H and O–H groups in total. The fourth-order valence-corrected chi connectivity index (χ4v) is 3.70. The highest BCUT2D eigenvalue weighted by atomic mass is 16.2. The third-order valence-electron chi connectivity index (χ3n) is 5.53. The van der Waals surface area contributed by atoms with Crippen LogP contribution in [0.1, 0.15) is 44.9 Å². The zero-order valence-electron chi connectivity index (χ0n) is 18.6. The molecule has 0 bridgehead atoms. The maximum atomic E-state index is 13.2. The van der Waals surface area contributed by atoms with Gasteiger partial charge in [0.05, 0.1) is 6.54 Å². The Labute approximate surface area is 179 Å². The molecule has 0 aliphatic heterocycles. The standard InChI is InChI=1S/C24H34N4O2/c1-5-19-9-6-7-11-22(19)25-24(30)27(15-18(2)3)17-23(29)28(20-12-13-20)16-21-10-8-14-26(21)4/h6-11,14,18,20H,5,12-13,15-17H2,1-4H3,(H,25,30). The van der Waals surface area contributed by atoms with Crippen molar-refractivity contribution in [3.05, 3.63) is 53.9 Å². The summed E-state index contributed by atoms with van der Waals surface area (Å²) >= 11 is 0. The molecule has 3 amide bonds. The van der Waals surface area contributed by atoms with Crippen LogP contribution in [-0.4, -0.2) is 45.4 Å². The van der Waals surface area contributed by atoms with Crippen molar-refractivity contribution in [2.45, 2.75) is 52.6 Å². The van der Waals surface area contributed by atoms with E-state index in [9.17, 15) is 9.59 Å². The Kier molecular flexibility index (Phi) is 7.19. The van der Waals surface area contributed by atoms with Crippen LogP contribution in [0.2, 0.25) is 0 Å². The van der Waals surface area contributed by atoms with Gasteiger partial charge in [0.15, 0.2) is 0 Å². The number of aryl methyl sites for hydroxylation is 2. The summed E-state index contributed by atoms with van der Waals surface area (Å²) in [5, 5.41) is 3.02. The Hall–Kier alpha value is -2.76. The lowest BCUT2D eigenvalue weighted by molar-refractivity contribution is -0.133. The minimum absolute atomic E-state index is 0.0123. The Balaban J connectivity index is 1.71. The van der Waals surface area contributed by atoms with Gasteiger partial charge in [-0.3, -0.25) is 4.79 Å². The van der Waals surface area contributed by atoms with Gasteiger partial charge in [0, 0.05) is 37.2 Å². The second kappa shape index (κ2) is 9.83. The Morgan fingerprint density at radius 2 is 1.90 bits per heavy atom. The number of hydrogen-bond acceptors (Lipinski definition) is 2. The molecule has 0 atom stereocenters. The second-order valence-corrected chi connectivity index (χ2v) is 8.58. The molecule has 30 heavy (non-hydrogen) atoms. The van der Waals surface area contributed by atoms with Gasteiger partial charge in [-0.15, -0.1) is 0 Å². The highest BCUT2D eigenvalue weighted by Gasteiger charge is 2.34. The predicted octanol–water partition coefficient (Wildman–Crippen LogP) is 4.27. The van der Waals surface area contributed by atoms with E-state index in [1.807, 2.05) is 59.1 Å². The first-order valence-electron chi connectivity index (χ1n) is 10.9. The summed E-state index contributed by atoms with van der Waals surface area (Å²) < 4.78 is 2.04. The van der Waals surface area contributed by atoms with Crippen LogP contribution in [-0.2, 0) is 24.8 Å². The number of para-hydroxylation sites is 1. The number of amides is 3. The first-order chi connectivity index (χ1) is 14.4. The molecule has 3 rings (SSSR count). The molecular formula is C24H34N4O2. The number of nitrogens with one attached hydrogen (secondary N) is 1. The fourth-order valence-electron chi connectivity index (χ4n) is 3.70. The van der Waals surface area contributed by atoms with Gasteiger partial charge < -0.3 is 19.7 Å². The number of carbonyl (C=O) groups is 2. The first kappa shape index (κ1) is 21.9. The van der Waals surface area contributed by atoms with Gasteiger partial charge in [0.1, 0.15) is 6.54 Å². The Bertz CT molecular complexity index is 870. The van der Waals surface area contributed by atoms with E-state index in [1.165, 1.54) is 0 Å². The molecule has 0 radical (unpaired) electrons. The van der Waals surface area contributed by atoms with E-state index in [0.717, 1.165) is 36.2 Å². The van der Waals surface area contributed by atoms with E-state index in [1.54, 1.807) is 4.90 Å². The zero-order valence-corrected chi connectivity index (χ0v) is 18.6. The van der Waals surface area contributed by atoms with E-state index in [0.29, 0.717) is 13.1 Å². The van der Waals surface area contributed by atoms with Crippen molar-refractivity contribution < 1.29 is 9.59 Å². The summed E-state index contributed by atoms with van der Waals surface area (Å²) in [5.41, 5.74) is 3.01. The number of hydrogen-bond donors (Lipinski definition) is 1. The summed E-state index contributed by atoms with van der Waals surface area (Å²) in [4.78, 5) is 29.9. The molecule has 162 valence electrons. The maximum absolute atomic E-state index is 13.2. The molecule has 1 aromatic heterocycles. The molecule has 0 unspecified atom stereocenters. The molecule has 1 fully saturated rings. The monoisotopic (exact) mass is 410 g/mol. The number of benzene rings is 1. The van der Waals surface area contributed by atoms with Crippen LogP contribution in [0.5, 0.6) is 0 Å². The number of rotatable bonds is 9. The molecule has 1 heterocycles. The Morgan fingerprint density at radius 3 is 2.50 bits per heavy atom. The largest absolute Gasteiger partial charge is 0.353 e.